The molecule has 0 amide bonds. The highest BCUT2D eigenvalue weighted by atomic mass is 35.5. The summed E-state index contributed by atoms with van der Waals surface area (Å²) in [6.07, 6.45) is 2.42. The van der Waals surface area contributed by atoms with E-state index in [1.165, 1.54) is 12.8 Å². The van der Waals surface area contributed by atoms with Crippen molar-refractivity contribution in [3.05, 3.63) is 28.8 Å². The van der Waals surface area contributed by atoms with Crippen LogP contribution in [0.4, 0.5) is 0 Å². The van der Waals surface area contributed by atoms with Gasteiger partial charge in [-0.25, -0.2) is 0 Å². The Balaban J connectivity index is 2.24. The molecule has 0 heterocycles. The summed E-state index contributed by atoms with van der Waals surface area (Å²) in [5.74, 6) is 0.886. The van der Waals surface area contributed by atoms with Crippen molar-refractivity contribution in [1.29, 1.82) is 0 Å². The zero-order chi connectivity index (χ0) is 12.7. The number of benzene rings is 1. The molecule has 0 spiro atoms. The van der Waals surface area contributed by atoms with Gasteiger partial charge in [-0.2, -0.15) is 0 Å². The van der Waals surface area contributed by atoms with Crippen molar-refractivity contribution >= 4 is 11.6 Å². The minimum atomic E-state index is 0.565. The van der Waals surface area contributed by atoms with E-state index in [9.17, 15) is 0 Å². The summed E-state index contributed by atoms with van der Waals surface area (Å²) in [6, 6.07) is 6.32. The molecule has 1 rings (SSSR count). The van der Waals surface area contributed by atoms with E-state index >= 15 is 0 Å². The molecule has 1 unspecified atom stereocenters. The molecule has 1 N–H and O–H groups in total. The van der Waals surface area contributed by atoms with Gasteiger partial charge in [0.2, 0.25) is 0 Å². The van der Waals surface area contributed by atoms with Crippen LogP contribution < -0.4 is 10.1 Å². The lowest BCUT2D eigenvalue weighted by molar-refractivity contribution is 0.304. The van der Waals surface area contributed by atoms with Crippen molar-refractivity contribution in [3.8, 4) is 5.75 Å². The summed E-state index contributed by atoms with van der Waals surface area (Å²) in [4.78, 5) is 0. The summed E-state index contributed by atoms with van der Waals surface area (Å²) >= 11 is 5.95. The van der Waals surface area contributed by atoms with Crippen LogP contribution in [-0.4, -0.2) is 19.2 Å². The van der Waals surface area contributed by atoms with E-state index in [0.29, 0.717) is 12.6 Å². The second-order valence-electron chi connectivity index (χ2n) is 4.40. The Hall–Kier alpha value is -0.730. The molecule has 0 aliphatic rings. The van der Waals surface area contributed by atoms with Gasteiger partial charge in [-0.05, 0) is 44.0 Å². The standard InChI is InChI=1S/C14H22ClNO/c1-4-5-12(3)16-8-9-17-13-6-7-14(15)11(2)10-13/h6-7,10,12,16H,4-5,8-9H2,1-3H3. The minimum Gasteiger partial charge on any atom is -0.492 e. The number of aryl methyl sites for hydroxylation is 1. The summed E-state index contributed by atoms with van der Waals surface area (Å²) in [5.41, 5.74) is 1.05. The van der Waals surface area contributed by atoms with Crippen molar-refractivity contribution in [2.75, 3.05) is 13.2 Å². The largest absolute Gasteiger partial charge is 0.492 e. The molecule has 0 aliphatic heterocycles. The first kappa shape index (κ1) is 14.3. The molecule has 1 atom stereocenters. The highest BCUT2D eigenvalue weighted by molar-refractivity contribution is 6.31. The lowest BCUT2D eigenvalue weighted by Gasteiger charge is -2.13. The monoisotopic (exact) mass is 255 g/mol. The van der Waals surface area contributed by atoms with Gasteiger partial charge in [0.1, 0.15) is 12.4 Å². The Morgan fingerprint density at radius 1 is 1.41 bits per heavy atom. The van der Waals surface area contributed by atoms with Gasteiger partial charge in [0.25, 0.3) is 0 Å². The molecular formula is C14H22ClNO. The number of hydrogen-bond acceptors (Lipinski definition) is 2. The Morgan fingerprint density at radius 3 is 2.82 bits per heavy atom. The van der Waals surface area contributed by atoms with E-state index in [0.717, 1.165) is 22.9 Å². The molecular weight excluding hydrogens is 234 g/mol. The van der Waals surface area contributed by atoms with Gasteiger partial charge in [0.05, 0.1) is 0 Å². The molecule has 2 nitrogen and oxygen atoms in total. The van der Waals surface area contributed by atoms with E-state index in [2.05, 4.69) is 19.2 Å². The number of ether oxygens (including phenoxy) is 1. The van der Waals surface area contributed by atoms with Crippen LogP contribution in [0.25, 0.3) is 0 Å². The molecule has 3 heteroatoms. The third-order valence-electron chi connectivity index (χ3n) is 2.71. The average Bonchev–Trinajstić information content (AvgIpc) is 2.29. The quantitative estimate of drug-likeness (QED) is 0.749. The third kappa shape index (κ3) is 5.42. The molecule has 1 aromatic carbocycles. The van der Waals surface area contributed by atoms with Crippen LogP contribution in [0.1, 0.15) is 32.3 Å². The molecule has 1 aromatic rings. The average molecular weight is 256 g/mol. The van der Waals surface area contributed by atoms with Crippen molar-refractivity contribution in [1.82, 2.24) is 5.32 Å². The topological polar surface area (TPSA) is 21.3 Å². The number of rotatable bonds is 7. The molecule has 0 saturated heterocycles. The molecule has 96 valence electrons. The van der Waals surface area contributed by atoms with Gasteiger partial charge in [0, 0.05) is 17.6 Å². The summed E-state index contributed by atoms with van der Waals surface area (Å²) in [6.45, 7) is 7.95. The van der Waals surface area contributed by atoms with Crippen LogP contribution in [0.2, 0.25) is 5.02 Å². The van der Waals surface area contributed by atoms with Gasteiger partial charge in [0.15, 0.2) is 0 Å². The maximum atomic E-state index is 5.95. The van der Waals surface area contributed by atoms with Crippen LogP contribution >= 0.6 is 11.6 Å². The van der Waals surface area contributed by atoms with Crippen molar-refractivity contribution in [3.63, 3.8) is 0 Å². The van der Waals surface area contributed by atoms with Crippen LogP contribution in [0, 0.1) is 6.92 Å². The molecule has 0 fully saturated rings. The highest BCUT2D eigenvalue weighted by Gasteiger charge is 2.00. The summed E-state index contributed by atoms with van der Waals surface area (Å²) in [7, 11) is 0. The first-order chi connectivity index (χ1) is 8.13. The van der Waals surface area contributed by atoms with Gasteiger partial charge < -0.3 is 10.1 Å². The Kier molecular flexibility index (Phi) is 6.38. The predicted molar refractivity (Wildman–Crippen MR) is 74.1 cm³/mol. The van der Waals surface area contributed by atoms with Crippen LogP contribution in [0.3, 0.4) is 0 Å². The predicted octanol–water partition coefficient (Wildman–Crippen LogP) is 3.81. The first-order valence-electron chi connectivity index (χ1n) is 6.25. The Morgan fingerprint density at radius 2 is 2.18 bits per heavy atom. The number of nitrogens with one attached hydrogen (secondary N) is 1. The van der Waals surface area contributed by atoms with E-state index < -0.39 is 0 Å². The van der Waals surface area contributed by atoms with Gasteiger partial charge >= 0.3 is 0 Å². The maximum absolute atomic E-state index is 5.95. The molecule has 0 aromatic heterocycles. The van der Waals surface area contributed by atoms with Gasteiger partial charge in [-0.3, -0.25) is 0 Å². The molecule has 0 bridgehead atoms. The van der Waals surface area contributed by atoms with E-state index in [1.54, 1.807) is 0 Å². The van der Waals surface area contributed by atoms with E-state index in [-0.39, 0.29) is 0 Å². The number of hydrogen-bond donors (Lipinski definition) is 1. The Labute approximate surface area is 109 Å². The van der Waals surface area contributed by atoms with Crippen molar-refractivity contribution in [2.24, 2.45) is 0 Å². The van der Waals surface area contributed by atoms with Crippen molar-refractivity contribution in [2.45, 2.75) is 39.7 Å². The van der Waals surface area contributed by atoms with Crippen LogP contribution in [-0.2, 0) is 0 Å². The normalized spacial score (nSPS) is 12.5. The molecule has 0 radical (unpaired) electrons. The van der Waals surface area contributed by atoms with Crippen LogP contribution in [0.15, 0.2) is 18.2 Å². The van der Waals surface area contributed by atoms with Gasteiger partial charge in [-0.15, -0.1) is 0 Å². The SMILES string of the molecule is CCCC(C)NCCOc1ccc(Cl)c(C)c1. The summed E-state index contributed by atoms with van der Waals surface area (Å²) in [5, 5.41) is 4.21. The zero-order valence-corrected chi connectivity index (χ0v) is 11.7. The second kappa shape index (κ2) is 7.57. The molecule has 0 saturated carbocycles. The lowest BCUT2D eigenvalue weighted by Crippen LogP contribution is -2.29. The fourth-order valence-corrected chi connectivity index (χ4v) is 1.83. The maximum Gasteiger partial charge on any atom is 0.119 e. The lowest BCUT2D eigenvalue weighted by atomic mass is 10.2. The van der Waals surface area contributed by atoms with Gasteiger partial charge in [-0.1, -0.05) is 24.9 Å². The number of halogens is 1. The van der Waals surface area contributed by atoms with E-state index in [4.69, 9.17) is 16.3 Å². The first-order valence-corrected chi connectivity index (χ1v) is 6.63. The van der Waals surface area contributed by atoms with Crippen molar-refractivity contribution < 1.29 is 4.74 Å². The Bertz CT molecular complexity index is 341. The molecule has 0 aliphatic carbocycles. The van der Waals surface area contributed by atoms with E-state index in [1.807, 2.05) is 25.1 Å². The minimum absolute atomic E-state index is 0.565. The summed E-state index contributed by atoms with van der Waals surface area (Å²) < 4.78 is 5.65. The van der Waals surface area contributed by atoms with Crippen LogP contribution in [0.5, 0.6) is 5.75 Å². The second-order valence-corrected chi connectivity index (χ2v) is 4.81. The highest BCUT2D eigenvalue weighted by Crippen LogP contribution is 2.20. The fourth-order valence-electron chi connectivity index (χ4n) is 1.72. The smallest absolute Gasteiger partial charge is 0.119 e. The molecule has 17 heavy (non-hydrogen) atoms. The third-order valence-corrected chi connectivity index (χ3v) is 3.14. The zero-order valence-electron chi connectivity index (χ0n) is 10.9. The fraction of sp³-hybridized carbons (Fsp3) is 0.571.